The summed E-state index contributed by atoms with van der Waals surface area (Å²) in [5, 5.41) is 2.92. The van der Waals surface area contributed by atoms with E-state index in [1.807, 2.05) is 31.2 Å². The quantitative estimate of drug-likeness (QED) is 0.778. The molecule has 1 N–H and O–H groups in total. The number of carbonyl (C=O) groups excluding carboxylic acids is 1. The van der Waals surface area contributed by atoms with Gasteiger partial charge in [-0.2, -0.15) is 0 Å². The van der Waals surface area contributed by atoms with Crippen LogP contribution in [0.4, 0.5) is 5.69 Å². The molecular formula is C12H15NO. The maximum absolute atomic E-state index is 11.5. The first kappa shape index (κ1) is 9.25. The van der Waals surface area contributed by atoms with Crippen molar-refractivity contribution in [2.24, 2.45) is 5.92 Å². The lowest BCUT2D eigenvalue weighted by Crippen LogP contribution is -2.11. The summed E-state index contributed by atoms with van der Waals surface area (Å²) >= 11 is 0. The van der Waals surface area contributed by atoms with E-state index in [1.165, 1.54) is 18.4 Å². The van der Waals surface area contributed by atoms with Gasteiger partial charge in [-0.05, 0) is 43.4 Å². The van der Waals surface area contributed by atoms with Gasteiger partial charge in [0.15, 0.2) is 0 Å². The number of hydrogen-bond donors (Lipinski definition) is 1. The number of hydrogen-bond acceptors (Lipinski definition) is 1. The Morgan fingerprint density at radius 2 is 2.29 bits per heavy atom. The third-order valence-electron chi connectivity index (χ3n) is 2.47. The third kappa shape index (κ3) is 2.59. The zero-order valence-corrected chi connectivity index (χ0v) is 8.42. The Hall–Kier alpha value is -1.31. The summed E-state index contributed by atoms with van der Waals surface area (Å²) in [6.07, 6.45) is 3.14. The number of nitrogens with one attached hydrogen (secondary N) is 1. The molecule has 0 saturated heterocycles. The fourth-order valence-electron chi connectivity index (χ4n) is 1.52. The van der Waals surface area contributed by atoms with Gasteiger partial charge in [0, 0.05) is 12.1 Å². The predicted octanol–water partition coefficient (Wildman–Crippen LogP) is 2.73. The van der Waals surface area contributed by atoms with Gasteiger partial charge in [-0.15, -0.1) is 0 Å². The lowest BCUT2D eigenvalue weighted by molar-refractivity contribution is -0.116. The van der Waals surface area contributed by atoms with Crippen LogP contribution >= 0.6 is 0 Å². The molecule has 2 heteroatoms. The predicted molar refractivity (Wildman–Crippen MR) is 57.1 cm³/mol. The van der Waals surface area contributed by atoms with Crippen LogP contribution in [0.25, 0.3) is 0 Å². The highest BCUT2D eigenvalue weighted by Crippen LogP contribution is 2.32. The van der Waals surface area contributed by atoms with Gasteiger partial charge in [0.05, 0.1) is 0 Å². The molecule has 0 unspecified atom stereocenters. The first-order valence-corrected chi connectivity index (χ1v) is 5.10. The lowest BCUT2D eigenvalue weighted by Gasteiger charge is -2.04. The molecule has 0 atom stereocenters. The van der Waals surface area contributed by atoms with Crippen LogP contribution in [0, 0.1) is 12.8 Å². The van der Waals surface area contributed by atoms with E-state index in [0.29, 0.717) is 12.3 Å². The topological polar surface area (TPSA) is 29.1 Å². The van der Waals surface area contributed by atoms with Crippen molar-refractivity contribution in [1.29, 1.82) is 0 Å². The van der Waals surface area contributed by atoms with Crippen molar-refractivity contribution < 1.29 is 4.79 Å². The Labute approximate surface area is 84.3 Å². The smallest absolute Gasteiger partial charge is 0.224 e. The first-order valence-electron chi connectivity index (χ1n) is 5.10. The summed E-state index contributed by atoms with van der Waals surface area (Å²) < 4.78 is 0. The van der Waals surface area contributed by atoms with Crippen LogP contribution in [0.1, 0.15) is 24.8 Å². The van der Waals surface area contributed by atoms with E-state index < -0.39 is 0 Å². The molecule has 2 nitrogen and oxygen atoms in total. The zero-order valence-electron chi connectivity index (χ0n) is 8.42. The van der Waals surface area contributed by atoms with Gasteiger partial charge in [-0.1, -0.05) is 12.1 Å². The molecular weight excluding hydrogens is 174 g/mol. The average molecular weight is 189 g/mol. The van der Waals surface area contributed by atoms with Crippen LogP contribution in [0.5, 0.6) is 0 Å². The molecule has 1 aromatic rings. The minimum absolute atomic E-state index is 0.151. The SMILES string of the molecule is Cc1cccc(NC(=O)CC2CC2)c1. The molecule has 1 aliphatic rings. The van der Waals surface area contributed by atoms with Gasteiger partial charge in [-0.3, -0.25) is 4.79 Å². The van der Waals surface area contributed by atoms with E-state index in [0.717, 1.165) is 5.69 Å². The Kier molecular flexibility index (Phi) is 2.53. The molecule has 0 bridgehead atoms. The maximum atomic E-state index is 11.5. The number of carbonyl (C=O) groups is 1. The summed E-state index contributed by atoms with van der Waals surface area (Å²) in [7, 11) is 0. The highest BCUT2D eigenvalue weighted by molar-refractivity contribution is 5.91. The molecule has 1 saturated carbocycles. The molecule has 1 amide bonds. The highest BCUT2D eigenvalue weighted by atomic mass is 16.1. The molecule has 0 heterocycles. The van der Waals surface area contributed by atoms with Crippen molar-refractivity contribution in [2.75, 3.05) is 5.32 Å². The number of rotatable bonds is 3. The summed E-state index contributed by atoms with van der Waals surface area (Å²) in [6.45, 7) is 2.02. The molecule has 14 heavy (non-hydrogen) atoms. The van der Waals surface area contributed by atoms with E-state index in [2.05, 4.69) is 5.32 Å². The Bertz CT molecular complexity index is 342. The maximum Gasteiger partial charge on any atom is 0.224 e. The molecule has 0 aromatic heterocycles. The van der Waals surface area contributed by atoms with Crippen LogP contribution in [0.2, 0.25) is 0 Å². The minimum atomic E-state index is 0.151. The molecule has 74 valence electrons. The lowest BCUT2D eigenvalue weighted by atomic mass is 10.2. The van der Waals surface area contributed by atoms with Crippen molar-refractivity contribution in [3.05, 3.63) is 29.8 Å². The minimum Gasteiger partial charge on any atom is -0.326 e. The summed E-state index contributed by atoms with van der Waals surface area (Å²) in [5.41, 5.74) is 2.09. The number of benzene rings is 1. The zero-order chi connectivity index (χ0) is 9.97. The highest BCUT2D eigenvalue weighted by Gasteiger charge is 2.24. The van der Waals surface area contributed by atoms with E-state index in [4.69, 9.17) is 0 Å². The second kappa shape index (κ2) is 3.82. The Morgan fingerprint density at radius 1 is 1.50 bits per heavy atom. The molecule has 0 aliphatic heterocycles. The largest absolute Gasteiger partial charge is 0.326 e. The van der Waals surface area contributed by atoms with Crippen LogP contribution in [-0.2, 0) is 4.79 Å². The molecule has 0 spiro atoms. The van der Waals surface area contributed by atoms with Crippen molar-refractivity contribution in [3.8, 4) is 0 Å². The summed E-state index contributed by atoms with van der Waals surface area (Å²) in [5.74, 6) is 0.804. The van der Waals surface area contributed by atoms with Crippen molar-refractivity contribution in [1.82, 2.24) is 0 Å². The Balaban J connectivity index is 1.92. The Morgan fingerprint density at radius 3 is 2.93 bits per heavy atom. The average Bonchev–Trinajstić information content (AvgIpc) is 2.87. The number of amides is 1. The normalized spacial score (nSPS) is 15.2. The van der Waals surface area contributed by atoms with Crippen molar-refractivity contribution in [2.45, 2.75) is 26.2 Å². The van der Waals surface area contributed by atoms with Gasteiger partial charge in [-0.25, -0.2) is 0 Å². The van der Waals surface area contributed by atoms with E-state index >= 15 is 0 Å². The third-order valence-corrected chi connectivity index (χ3v) is 2.47. The molecule has 1 aromatic carbocycles. The summed E-state index contributed by atoms with van der Waals surface area (Å²) in [4.78, 5) is 11.5. The first-order chi connectivity index (χ1) is 6.74. The van der Waals surface area contributed by atoms with Crippen LogP contribution in [0.15, 0.2) is 24.3 Å². The molecule has 1 aliphatic carbocycles. The van der Waals surface area contributed by atoms with Crippen LogP contribution in [0.3, 0.4) is 0 Å². The fraction of sp³-hybridized carbons (Fsp3) is 0.417. The van der Waals surface area contributed by atoms with E-state index in [-0.39, 0.29) is 5.91 Å². The van der Waals surface area contributed by atoms with Crippen LogP contribution in [-0.4, -0.2) is 5.91 Å². The van der Waals surface area contributed by atoms with Crippen molar-refractivity contribution in [3.63, 3.8) is 0 Å². The van der Waals surface area contributed by atoms with Gasteiger partial charge in [0.25, 0.3) is 0 Å². The second-order valence-electron chi connectivity index (χ2n) is 4.07. The van der Waals surface area contributed by atoms with E-state index in [1.54, 1.807) is 0 Å². The van der Waals surface area contributed by atoms with Gasteiger partial charge in [0.1, 0.15) is 0 Å². The van der Waals surface area contributed by atoms with E-state index in [9.17, 15) is 4.79 Å². The van der Waals surface area contributed by atoms with Crippen LogP contribution < -0.4 is 5.32 Å². The van der Waals surface area contributed by atoms with Gasteiger partial charge < -0.3 is 5.32 Å². The van der Waals surface area contributed by atoms with Crippen molar-refractivity contribution >= 4 is 11.6 Å². The standard InChI is InChI=1S/C12H15NO/c1-9-3-2-4-11(7-9)13-12(14)8-10-5-6-10/h2-4,7,10H,5-6,8H2,1H3,(H,13,14). The molecule has 2 rings (SSSR count). The summed E-state index contributed by atoms with van der Waals surface area (Å²) in [6, 6.07) is 7.90. The number of aryl methyl sites for hydroxylation is 1. The fourth-order valence-corrected chi connectivity index (χ4v) is 1.52. The number of anilines is 1. The van der Waals surface area contributed by atoms with Gasteiger partial charge >= 0.3 is 0 Å². The second-order valence-corrected chi connectivity index (χ2v) is 4.07. The monoisotopic (exact) mass is 189 g/mol. The van der Waals surface area contributed by atoms with Gasteiger partial charge in [0.2, 0.25) is 5.91 Å². The molecule has 0 radical (unpaired) electrons. The molecule has 1 fully saturated rings.